The van der Waals surface area contributed by atoms with Gasteiger partial charge in [-0.3, -0.25) is 0 Å². The Morgan fingerprint density at radius 2 is 1.32 bits per heavy atom. The lowest BCUT2D eigenvalue weighted by atomic mass is 9.91. The molecule has 2 heterocycles. The van der Waals surface area contributed by atoms with Crippen LogP contribution in [-0.2, 0) is 13.0 Å². The van der Waals surface area contributed by atoms with Crippen molar-refractivity contribution in [2.45, 2.75) is 26.0 Å². The van der Waals surface area contributed by atoms with Crippen molar-refractivity contribution < 1.29 is 4.74 Å². The van der Waals surface area contributed by atoms with Crippen molar-refractivity contribution in [1.82, 2.24) is 4.57 Å². The first-order valence-electron chi connectivity index (χ1n) is 12.0. The molecule has 1 aliphatic heterocycles. The van der Waals surface area contributed by atoms with Crippen LogP contribution in [0.1, 0.15) is 35.4 Å². The smallest absolute Gasteiger partial charge is 0.164 e. The summed E-state index contributed by atoms with van der Waals surface area (Å²) in [6.07, 6.45) is 0.780. The zero-order valence-corrected chi connectivity index (χ0v) is 19.3. The molecule has 1 aliphatic rings. The van der Waals surface area contributed by atoms with Crippen LogP contribution in [-0.4, -0.2) is 4.57 Å². The molecule has 0 bridgehead atoms. The van der Waals surface area contributed by atoms with Crippen molar-refractivity contribution in [2.24, 2.45) is 0 Å². The normalized spacial score (nSPS) is 14.2. The number of rotatable bonds is 5. The number of aromatic nitrogens is 1. The molecular weight excluding hydrogens is 414 g/mol. The Hall–Kier alpha value is -4.04. The molecule has 0 amide bonds. The monoisotopic (exact) mass is 441 g/mol. The van der Waals surface area contributed by atoms with Gasteiger partial charge >= 0.3 is 0 Å². The minimum absolute atomic E-state index is 0.169. The molecular formula is C32H27NO. The van der Waals surface area contributed by atoms with Crippen LogP contribution in [0.2, 0.25) is 0 Å². The summed E-state index contributed by atoms with van der Waals surface area (Å²) in [5, 5.41) is 0. The highest BCUT2D eigenvalue weighted by molar-refractivity contribution is 5.85. The second kappa shape index (κ2) is 8.72. The molecule has 0 fully saturated rings. The van der Waals surface area contributed by atoms with Crippen molar-refractivity contribution in [2.75, 3.05) is 0 Å². The molecule has 0 saturated carbocycles. The summed E-state index contributed by atoms with van der Waals surface area (Å²) in [7, 11) is 0. The Morgan fingerprint density at radius 3 is 2.03 bits per heavy atom. The van der Waals surface area contributed by atoms with Gasteiger partial charge in [-0.15, -0.1) is 0 Å². The summed E-state index contributed by atoms with van der Waals surface area (Å²) < 4.78 is 9.26. The summed E-state index contributed by atoms with van der Waals surface area (Å²) >= 11 is 0. The summed E-state index contributed by atoms with van der Waals surface area (Å²) in [5.41, 5.74) is 10.1. The molecule has 0 radical (unpaired) electrons. The topological polar surface area (TPSA) is 14.2 Å². The van der Waals surface area contributed by atoms with E-state index >= 15 is 0 Å². The van der Waals surface area contributed by atoms with Crippen molar-refractivity contribution in [3.8, 4) is 28.1 Å². The van der Waals surface area contributed by atoms with Gasteiger partial charge in [0.25, 0.3) is 0 Å². The fraction of sp³-hybridized carbons (Fsp3) is 0.125. The highest BCUT2D eigenvalue weighted by atomic mass is 16.5. The van der Waals surface area contributed by atoms with E-state index in [1.165, 1.54) is 44.8 Å². The number of fused-ring (bicyclic) bond motifs is 3. The average Bonchev–Trinajstić information content (AvgIpc) is 3.24. The summed E-state index contributed by atoms with van der Waals surface area (Å²) in [6.45, 7) is 3.06. The predicted molar refractivity (Wildman–Crippen MR) is 139 cm³/mol. The molecule has 2 nitrogen and oxygen atoms in total. The maximum absolute atomic E-state index is 6.75. The number of para-hydroxylation sites is 1. The van der Waals surface area contributed by atoms with Crippen molar-refractivity contribution >= 4 is 0 Å². The number of benzene rings is 4. The second-order valence-electron chi connectivity index (χ2n) is 8.78. The van der Waals surface area contributed by atoms with Crippen LogP contribution >= 0.6 is 0 Å². The van der Waals surface area contributed by atoms with E-state index in [-0.39, 0.29) is 6.10 Å². The van der Waals surface area contributed by atoms with Gasteiger partial charge in [-0.1, -0.05) is 116 Å². The van der Waals surface area contributed by atoms with E-state index in [2.05, 4.69) is 127 Å². The Balaban J connectivity index is 1.70. The van der Waals surface area contributed by atoms with Crippen molar-refractivity contribution in [1.29, 1.82) is 0 Å². The molecule has 0 saturated heterocycles. The SMILES string of the molecule is CCc1c2c(n(Cc3ccccc3)c1-c1ccccc1)C(c1ccccc1)Oc1ccccc1-2. The van der Waals surface area contributed by atoms with Gasteiger partial charge in [0, 0.05) is 17.7 Å². The molecule has 166 valence electrons. The first kappa shape index (κ1) is 20.6. The maximum Gasteiger partial charge on any atom is 0.164 e. The number of hydrogen-bond donors (Lipinski definition) is 0. The van der Waals surface area contributed by atoms with E-state index in [1.807, 2.05) is 0 Å². The number of hydrogen-bond acceptors (Lipinski definition) is 1. The third-order valence-corrected chi connectivity index (χ3v) is 6.74. The minimum Gasteiger partial charge on any atom is -0.479 e. The Labute approximate surface area is 201 Å². The zero-order valence-electron chi connectivity index (χ0n) is 19.3. The Kier molecular flexibility index (Phi) is 5.27. The van der Waals surface area contributed by atoms with Crippen LogP contribution in [0.4, 0.5) is 0 Å². The van der Waals surface area contributed by atoms with Gasteiger partial charge in [-0.25, -0.2) is 0 Å². The Morgan fingerprint density at radius 1 is 0.706 bits per heavy atom. The van der Waals surface area contributed by atoms with Crippen LogP contribution in [0.25, 0.3) is 22.4 Å². The average molecular weight is 442 g/mol. The Bertz CT molecular complexity index is 1420. The van der Waals surface area contributed by atoms with E-state index in [0.29, 0.717) is 0 Å². The fourth-order valence-corrected chi connectivity index (χ4v) is 5.28. The van der Waals surface area contributed by atoms with Gasteiger partial charge < -0.3 is 9.30 Å². The quantitative estimate of drug-likeness (QED) is 0.270. The molecule has 0 N–H and O–H groups in total. The minimum atomic E-state index is -0.169. The van der Waals surface area contributed by atoms with Gasteiger partial charge in [-0.05, 0) is 34.7 Å². The van der Waals surface area contributed by atoms with E-state index in [9.17, 15) is 0 Å². The number of nitrogens with zero attached hydrogens (tertiary/aromatic N) is 1. The van der Waals surface area contributed by atoms with Crippen LogP contribution in [0.5, 0.6) is 5.75 Å². The standard InChI is InChI=1S/C32H27NO/c1-2-26-29-27-20-12-13-21-28(27)34-32(25-18-10-5-11-19-25)31(29)33(22-23-14-6-3-7-15-23)30(26)24-16-8-4-9-17-24/h3-21,32H,2,22H2,1H3. The number of ether oxygens (including phenoxy) is 1. The van der Waals surface area contributed by atoms with Gasteiger partial charge in [0.1, 0.15) is 5.75 Å². The largest absolute Gasteiger partial charge is 0.479 e. The molecule has 4 aromatic carbocycles. The van der Waals surface area contributed by atoms with Gasteiger partial charge in [-0.2, -0.15) is 0 Å². The van der Waals surface area contributed by atoms with Gasteiger partial charge in [0.2, 0.25) is 0 Å². The third-order valence-electron chi connectivity index (χ3n) is 6.74. The third kappa shape index (κ3) is 3.43. The first-order valence-corrected chi connectivity index (χ1v) is 12.0. The molecule has 0 spiro atoms. The molecule has 2 heteroatoms. The molecule has 0 aliphatic carbocycles. The molecule has 1 atom stereocenters. The molecule has 6 rings (SSSR count). The van der Waals surface area contributed by atoms with Crippen molar-refractivity contribution in [3.05, 3.63) is 138 Å². The van der Waals surface area contributed by atoms with Crippen LogP contribution in [0.15, 0.2) is 115 Å². The predicted octanol–water partition coefficient (Wildman–Crippen LogP) is 7.91. The van der Waals surface area contributed by atoms with Crippen LogP contribution in [0, 0.1) is 0 Å². The van der Waals surface area contributed by atoms with Gasteiger partial charge in [0.15, 0.2) is 6.10 Å². The lowest BCUT2D eigenvalue weighted by Crippen LogP contribution is -2.20. The highest BCUT2D eigenvalue weighted by Gasteiger charge is 2.35. The lowest BCUT2D eigenvalue weighted by Gasteiger charge is -2.29. The second-order valence-corrected chi connectivity index (χ2v) is 8.78. The molecule has 34 heavy (non-hydrogen) atoms. The summed E-state index contributed by atoms with van der Waals surface area (Å²) in [4.78, 5) is 0. The van der Waals surface area contributed by atoms with Crippen molar-refractivity contribution in [3.63, 3.8) is 0 Å². The molecule has 5 aromatic rings. The lowest BCUT2D eigenvalue weighted by molar-refractivity contribution is 0.234. The van der Waals surface area contributed by atoms with E-state index in [4.69, 9.17) is 4.74 Å². The van der Waals surface area contributed by atoms with E-state index in [1.54, 1.807) is 0 Å². The zero-order chi connectivity index (χ0) is 22.9. The highest BCUT2D eigenvalue weighted by Crippen LogP contribution is 2.50. The van der Waals surface area contributed by atoms with Gasteiger partial charge in [0.05, 0.1) is 11.4 Å². The summed E-state index contributed by atoms with van der Waals surface area (Å²) in [5.74, 6) is 0.954. The molecule has 1 unspecified atom stereocenters. The van der Waals surface area contributed by atoms with Crippen LogP contribution < -0.4 is 4.74 Å². The summed E-state index contributed by atoms with van der Waals surface area (Å²) in [6, 6.07) is 40.7. The fourth-order valence-electron chi connectivity index (χ4n) is 5.28. The maximum atomic E-state index is 6.75. The van der Waals surface area contributed by atoms with Crippen LogP contribution in [0.3, 0.4) is 0 Å². The first-order chi connectivity index (χ1) is 16.8. The molecule has 1 aromatic heterocycles. The van der Waals surface area contributed by atoms with E-state index in [0.717, 1.165) is 18.7 Å². The van der Waals surface area contributed by atoms with E-state index < -0.39 is 0 Å².